The molecule has 0 saturated carbocycles. The number of ether oxygens (including phenoxy) is 2. The summed E-state index contributed by atoms with van der Waals surface area (Å²) in [6.45, 7) is 11.0. The van der Waals surface area contributed by atoms with Gasteiger partial charge in [0.25, 0.3) is 0 Å². The Balaban J connectivity index is 1.55. The Kier molecular flexibility index (Phi) is 7.11. The molecule has 2 N–H and O–H groups in total. The van der Waals surface area contributed by atoms with Crippen LogP contribution in [0.15, 0.2) is 0 Å². The number of nitrogens with zero attached hydrogens (tertiary/aromatic N) is 1. The smallest absolute Gasteiger partial charge is 0.410 e. The number of amides is 1. The monoisotopic (exact) mass is 327 g/mol. The summed E-state index contributed by atoms with van der Waals surface area (Å²) in [6, 6.07) is 0.585. The Morgan fingerprint density at radius 2 is 2.00 bits per heavy atom. The summed E-state index contributed by atoms with van der Waals surface area (Å²) in [7, 11) is 0. The Morgan fingerprint density at radius 3 is 2.61 bits per heavy atom. The molecule has 0 bridgehead atoms. The molecule has 2 heterocycles. The molecule has 0 radical (unpaired) electrons. The molecule has 2 rings (SSSR count). The van der Waals surface area contributed by atoms with E-state index in [4.69, 9.17) is 9.47 Å². The highest BCUT2D eigenvalue weighted by Gasteiger charge is 2.27. The Bertz CT molecular complexity index is 357. The van der Waals surface area contributed by atoms with E-state index < -0.39 is 5.60 Å². The van der Waals surface area contributed by atoms with Gasteiger partial charge in [0, 0.05) is 32.2 Å². The summed E-state index contributed by atoms with van der Waals surface area (Å²) in [5.41, 5.74) is -0.427. The number of piperidine rings is 2. The van der Waals surface area contributed by atoms with E-state index in [9.17, 15) is 4.79 Å². The van der Waals surface area contributed by atoms with Gasteiger partial charge in [0.1, 0.15) is 5.60 Å². The largest absolute Gasteiger partial charge is 0.444 e. The maximum atomic E-state index is 12.0. The van der Waals surface area contributed by atoms with Gasteiger partial charge in [0.05, 0.1) is 12.7 Å². The van der Waals surface area contributed by atoms with Crippen molar-refractivity contribution in [3.63, 3.8) is 0 Å². The highest BCUT2D eigenvalue weighted by atomic mass is 16.6. The second kappa shape index (κ2) is 8.85. The SMILES string of the molecule is CC(C)(C)OC(=O)N1CCC(OCCNC2CCCNC2)CC1. The predicted molar refractivity (Wildman–Crippen MR) is 90.7 cm³/mol. The van der Waals surface area contributed by atoms with Gasteiger partial charge in [-0.25, -0.2) is 4.79 Å². The van der Waals surface area contributed by atoms with Crippen molar-refractivity contribution in [2.75, 3.05) is 39.3 Å². The van der Waals surface area contributed by atoms with Crippen molar-refractivity contribution in [2.24, 2.45) is 0 Å². The molecule has 6 nitrogen and oxygen atoms in total. The van der Waals surface area contributed by atoms with Gasteiger partial charge in [-0.1, -0.05) is 0 Å². The highest BCUT2D eigenvalue weighted by molar-refractivity contribution is 5.68. The first-order valence-corrected chi connectivity index (χ1v) is 8.98. The van der Waals surface area contributed by atoms with E-state index in [1.165, 1.54) is 12.8 Å². The lowest BCUT2D eigenvalue weighted by Crippen LogP contribution is -2.45. The fraction of sp³-hybridized carbons (Fsp3) is 0.941. The number of carbonyl (C=O) groups excluding carboxylic acids is 1. The van der Waals surface area contributed by atoms with Crippen molar-refractivity contribution in [1.82, 2.24) is 15.5 Å². The molecule has 134 valence electrons. The Labute approximate surface area is 140 Å². The molecule has 1 amide bonds. The molecule has 0 aliphatic carbocycles. The number of carbonyl (C=O) groups is 1. The van der Waals surface area contributed by atoms with E-state index in [-0.39, 0.29) is 12.2 Å². The van der Waals surface area contributed by atoms with E-state index in [0.29, 0.717) is 6.04 Å². The first kappa shape index (κ1) is 18.5. The minimum Gasteiger partial charge on any atom is -0.444 e. The van der Waals surface area contributed by atoms with Crippen LogP contribution in [0.1, 0.15) is 46.5 Å². The first-order valence-electron chi connectivity index (χ1n) is 8.98. The maximum Gasteiger partial charge on any atom is 0.410 e. The second-order valence-electron chi connectivity index (χ2n) is 7.53. The molecule has 0 aromatic carbocycles. The molecule has 1 unspecified atom stereocenters. The molecule has 2 aliphatic heterocycles. The maximum absolute atomic E-state index is 12.0. The molecular weight excluding hydrogens is 294 g/mol. The summed E-state index contributed by atoms with van der Waals surface area (Å²) in [6.07, 6.45) is 4.35. The normalized spacial score (nSPS) is 23.8. The van der Waals surface area contributed by atoms with Crippen LogP contribution in [-0.4, -0.2) is 68.1 Å². The van der Waals surface area contributed by atoms with E-state index in [1.54, 1.807) is 4.90 Å². The molecule has 0 spiro atoms. The van der Waals surface area contributed by atoms with Gasteiger partial charge in [-0.3, -0.25) is 0 Å². The third kappa shape index (κ3) is 7.06. The van der Waals surface area contributed by atoms with Crippen molar-refractivity contribution in [3.05, 3.63) is 0 Å². The Morgan fingerprint density at radius 1 is 1.26 bits per heavy atom. The zero-order chi connectivity index (χ0) is 16.7. The van der Waals surface area contributed by atoms with Gasteiger partial charge >= 0.3 is 6.09 Å². The van der Waals surface area contributed by atoms with Crippen LogP contribution in [0, 0.1) is 0 Å². The lowest BCUT2D eigenvalue weighted by atomic mass is 10.1. The molecular formula is C17H33N3O3. The standard InChI is InChI=1S/C17H33N3O3/c1-17(2,3)23-16(21)20-10-6-15(7-11-20)22-12-9-19-14-5-4-8-18-13-14/h14-15,18-19H,4-13H2,1-3H3. The highest BCUT2D eigenvalue weighted by Crippen LogP contribution is 2.17. The topological polar surface area (TPSA) is 62.8 Å². The lowest BCUT2D eigenvalue weighted by Gasteiger charge is -2.33. The van der Waals surface area contributed by atoms with Crippen LogP contribution in [0.2, 0.25) is 0 Å². The number of likely N-dealkylation sites (tertiary alicyclic amines) is 1. The van der Waals surface area contributed by atoms with Crippen LogP contribution < -0.4 is 10.6 Å². The zero-order valence-electron chi connectivity index (χ0n) is 14.9. The van der Waals surface area contributed by atoms with Gasteiger partial charge < -0.3 is 25.0 Å². The van der Waals surface area contributed by atoms with Gasteiger partial charge in [-0.05, 0) is 53.0 Å². The van der Waals surface area contributed by atoms with Gasteiger partial charge in [-0.15, -0.1) is 0 Å². The summed E-state index contributed by atoms with van der Waals surface area (Å²) >= 11 is 0. The molecule has 2 aliphatic rings. The first-order chi connectivity index (χ1) is 10.9. The molecule has 23 heavy (non-hydrogen) atoms. The molecule has 2 fully saturated rings. The van der Waals surface area contributed by atoms with Crippen molar-refractivity contribution in [1.29, 1.82) is 0 Å². The quantitative estimate of drug-likeness (QED) is 0.753. The Hall–Kier alpha value is -0.850. The van der Waals surface area contributed by atoms with Crippen LogP contribution in [0.4, 0.5) is 4.79 Å². The predicted octanol–water partition coefficient (Wildman–Crippen LogP) is 1.74. The lowest BCUT2D eigenvalue weighted by molar-refractivity contribution is -0.0108. The van der Waals surface area contributed by atoms with Crippen molar-refractivity contribution < 1.29 is 14.3 Å². The summed E-state index contributed by atoms with van der Waals surface area (Å²) in [5.74, 6) is 0. The van der Waals surface area contributed by atoms with Crippen LogP contribution in [0.25, 0.3) is 0 Å². The molecule has 2 saturated heterocycles. The molecule has 0 aromatic heterocycles. The number of rotatable bonds is 5. The van der Waals surface area contributed by atoms with Crippen molar-refractivity contribution >= 4 is 6.09 Å². The van der Waals surface area contributed by atoms with Crippen LogP contribution in [-0.2, 0) is 9.47 Å². The fourth-order valence-corrected chi connectivity index (χ4v) is 3.05. The average molecular weight is 327 g/mol. The van der Waals surface area contributed by atoms with E-state index in [0.717, 1.165) is 52.2 Å². The van der Waals surface area contributed by atoms with Gasteiger partial charge in [0.2, 0.25) is 0 Å². The third-order valence-electron chi connectivity index (χ3n) is 4.28. The number of hydrogen-bond donors (Lipinski definition) is 2. The summed E-state index contributed by atoms with van der Waals surface area (Å²) < 4.78 is 11.3. The van der Waals surface area contributed by atoms with E-state index in [2.05, 4.69) is 10.6 Å². The molecule has 0 aromatic rings. The van der Waals surface area contributed by atoms with E-state index >= 15 is 0 Å². The van der Waals surface area contributed by atoms with E-state index in [1.807, 2.05) is 20.8 Å². The van der Waals surface area contributed by atoms with Crippen molar-refractivity contribution in [3.8, 4) is 0 Å². The van der Waals surface area contributed by atoms with Crippen LogP contribution in [0.5, 0.6) is 0 Å². The number of nitrogens with one attached hydrogen (secondary N) is 2. The number of hydrogen-bond acceptors (Lipinski definition) is 5. The molecule has 6 heteroatoms. The summed E-state index contributed by atoms with van der Waals surface area (Å²) in [4.78, 5) is 13.8. The minimum atomic E-state index is -0.427. The van der Waals surface area contributed by atoms with Crippen LogP contribution in [0.3, 0.4) is 0 Å². The third-order valence-corrected chi connectivity index (χ3v) is 4.28. The second-order valence-corrected chi connectivity index (χ2v) is 7.53. The van der Waals surface area contributed by atoms with Gasteiger partial charge in [-0.2, -0.15) is 0 Å². The van der Waals surface area contributed by atoms with Crippen molar-refractivity contribution in [2.45, 2.75) is 64.2 Å². The average Bonchev–Trinajstić information content (AvgIpc) is 2.51. The van der Waals surface area contributed by atoms with Crippen LogP contribution >= 0.6 is 0 Å². The summed E-state index contributed by atoms with van der Waals surface area (Å²) in [5, 5.41) is 6.95. The van der Waals surface area contributed by atoms with Gasteiger partial charge in [0.15, 0.2) is 0 Å². The minimum absolute atomic E-state index is 0.206. The fourth-order valence-electron chi connectivity index (χ4n) is 3.05. The zero-order valence-corrected chi connectivity index (χ0v) is 14.9. The molecule has 1 atom stereocenters.